The lowest BCUT2D eigenvalue weighted by Crippen LogP contribution is -2.27. The Morgan fingerprint density at radius 3 is 3.00 bits per heavy atom. The Labute approximate surface area is 134 Å². The van der Waals surface area contributed by atoms with Gasteiger partial charge in [0.1, 0.15) is 10.8 Å². The summed E-state index contributed by atoms with van der Waals surface area (Å²) in [6.45, 7) is 4.63. The molecule has 0 fully saturated rings. The highest BCUT2D eigenvalue weighted by atomic mass is 32.1. The van der Waals surface area contributed by atoms with E-state index in [1.165, 1.54) is 23.4 Å². The number of imidazole rings is 1. The molecule has 22 heavy (non-hydrogen) atoms. The molecule has 5 nitrogen and oxygen atoms in total. The molecule has 3 rings (SSSR count). The second-order valence-electron chi connectivity index (χ2n) is 5.84. The maximum Gasteiger partial charge on any atom is 0.222 e. The van der Waals surface area contributed by atoms with Crippen molar-refractivity contribution in [2.75, 3.05) is 0 Å². The fourth-order valence-electron chi connectivity index (χ4n) is 2.79. The standard InChI is InChI=1S/C16H22N4OS/c1-11(16-19-13-5-3-4-6-14(13)22-16)18-15(21)7-9-20-10-8-17-12(20)2/h8,10-11H,3-7,9H2,1-2H3,(H,18,21). The fraction of sp³-hybridized carbons (Fsp3) is 0.562. The van der Waals surface area contributed by atoms with Crippen LogP contribution in [-0.2, 0) is 24.2 Å². The molecule has 1 N–H and O–H groups in total. The van der Waals surface area contributed by atoms with Gasteiger partial charge in [0.05, 0.1) is 11.7 Å². The van der Waals surface area contributed by atoms with Gasteiger partial charge in [0.15, 0.2) is 0 Å². The molecule has 0 bridgehead atoms. The molecule has 1 aliphatic rings. The van der Waals surface area contributed by atoms with E-state index in [9.17, 15) is 4.79 Å². The van der Waals surface area contributed by atoms with E-state index < -0.39 is 0 Å². The Balaban J connectivity index is 1.54. The number of fused-ring (bicyclic) bond motifs is 1. The minimum atomic E-state index is -0.00742. The molecule has 1 unspecified atom stereocenters. The number of carbonyl (C=O) groups is 1. The highest BCUT2D eigenvalue weighted by Gasteiger charge is 2.19. The third-order valence-electron chi connectivity index (χ3n) is 4.11. The zero-order valence-electron chi connectivity index (χ0n) is 13.1. The number of hydrogen-bond donors (Lipinski definition) is 1. The zero-order chi connectivity index (χ0) is 15.5. The van der Waals surface area contributed by atoms with Crippen LogP contribution in [0.2, 0.25) is 0 Å². The second kappa shape index (κ2) is 6.60. The molecular weight excluding hydrogens is 296 g/mol. The number of nitrogens with zero attached hydrogens (tertiary/aromatic N) is 3. The van der Waals surface area contributed by atoms with E-state index in [1.807, 2.05) is 24.6 Å². The summed E-state index contributed by atoms with van der Waals surface area (Å²) in [7, 11) is 0. The molecule has 0 saturated carbocycles. The average Bonchev–Trinajstić information content (AvgIpc) is 3.11. The molecule has 0 aliphatic heterocycles. The van der Waals surface area contributed by atoms with E-state index in [1.54, 1.807) is 17.5 Å². The molecule has 0 radical (unpaired) electrons. The maximum atomic E-state index is 12.1. The number of aromatic nitrogens is 3. The lowest BCUT2D eigenvalue weighted by molar-refractivity contribution is -0.121. The summed E-state index contributed by atoms with van der Waals surface area (Å²) in [5.41, 5.74) is 1.25. The minimum absolute atomic E-state index is 0.00742. The van der Waals surface area contributed by atoms with Crippen molar-refractivity contribution in [3.8, 4) is 0 Å². The quantitative estimate of drug-likeness (QED) is 0.922. The van der Waals surface area contributed by atoms with Crippen molar-refractivity contribution >= 4 is 17.2 Å². The van der Waals surface area contributed by atoms with Crippen LogP contribution in [0.25, 0.3) is 0 Å². The minimum Gasteiger partial charge on any atom is -0.347 e. The van der Waals surface area contributed by atoms with Crippen LogP contribution in [0.4, 0.5) is 0 Å². The van der Waals surface area contributed by atoms with E-state index in [-0.39, 0.29) is 11.9 Å². The summed E-state index contributed by atoms with van der Waals surface area (Å²) in [5.74, 6) is 1.00. The first-order valence-electron chi connectivity index (χ1n) is 7.89. The molecule has 1 atom stereocenters. The van der Waals surface area contributed by atoms with Gasteiger partial charge in [-0.05, 0) is 39.5 Å². The Bertz CT molecular complexity index is 637. The van der Waals surface area contributed by atoms with Crippen molar-refractivity contribution in [1.82, 2.24) is 19.9 Å². The van der Waals surface area contributed by atoms with Gasteiger partial charge in [-0.2, -0.15) is 0 Å². The SMILES string of the molecule is Cc1nccn1CCC(=O)NC(C)c1nc2c(s1)CCCC2. The first-order valence-corrected chi connectivity index (χ1v) is 8.70. The first-order chi connectivity index (χ1) is 10.6. The zero-order valence-corrected chi connectivity index (χ0v) is 13.9. The molecule has 6 heteroatoms. The van der Waals surface area contributed by atoms with Gasteiger partial charge in [0.2, 0.25) is 5.91 Å². The molecule has 118 valence electrons. The van der Waals surface area contributed by atoms with Crippen molar-refractivity contribution in [3.05, 3.63) is 33.8 Å². The van der Waals surface area contributed by atoms with Crippen LogP contribution in [0.3, 0.4) is 0 Å². The van der Waals surface area contributed by atoms with Crippen molar-refractivity contribution in [2.24, 2.45) is 0 Å². The van der Waals surface area contributed by atoms with Crippen molar-refractivity contribution in [2.45, 2.75) is 58.5 Å². The summed E-state index contributed by atoms with van der Waals surface area (Å²) in [6.07, 6.45) is 8.87. The third-order valence-corrected chi connectivity index (χ3v) is 5.45. The second-order valence-corrected chi connectivity index (χ2v) is 6.95. The van der Waals surface area contributed by atoms with Gasteiger partial charge in [-0.15, -0.1) is 11.3 Å². The van der Waals surface area contributed by atoms with E-state index in [4.69, 9.17) is 4.98 Å². The van der Waals surface area contributed by atoms with Crippen LogP contribution in [0.5, 0.6) is 0 Å². The lowest BCUT2D eigenvalue weighted by Gasteiger charge is -2.11. The maximum absolute atomic E-state index is 12.1. The highest BCUT2D eigenvalue weighted by Crippen LogP contribution is 2.29. The van der Waals surface area contributed by atoms with E-state index in [0.29, 0.717) is 13.0 Å². The average molecular weight is 318 g/mol. The van der Waals surface area contributed by atoms with Gasteiger partial charge < -0.3 is 9.88 Å². The van der Waals surface area contributed by atoms with Crippen LogP contribution in [-0.4, -0.2) is 20.4 Å². The number of nitrogens with one attached hydrogen (secondary N) is 1. The number of aryl methyl sites for hydroxylation is 4. The molecular formula is C16H22N4OS. The van der Waals surface area contributed by atoms with Crippen molar-refractivity contribution < 1.29 is 4.79 Å². The topological polar surface area (TPSA) is 59.8 Å². The summed E-state index contributed by atoms with van der Waals surface area (Å²) in [4.78, 5) is 22.4. The van der Waals surface area contributed by atoms with Gasteiger partial charge in [0.25, 0.3) is 0 Å². The molecule has 2 aromatic heterocycles. The number of carbonyl (C=O) groups excluding carboxylic acids is 1. The van der Waals surface area contributed by atoms with E-state index in [0.717, 1.165) is 23.7 Å². The molecule has 0 saturated heterocycles. The highest BCUT2D eigenvalue weighted by molar-refractivity contribution is 7.11. The molecule has 0 spiro atoms. The van der Waals surface area contributed by atoms with Crippen molar-refractivity contribution in [1.29, 1.82) is 0 Å². The van der Waals surface area contributed by atoms with Gasteiger partial charge in [-0.1, -0.05) is 0 Å². The smallest absolute Gasteiger partial charge is 0.222 e. The Morgan fingerprint density at radius 1 is 1.45 bits per heavy atom. The molecule has 0 aromatic carbocycles. The van der Waals surface area contributed by atoms with Crippen LogP contribution < -0.4 is 5.32 Å². The number of amides is 1. The summed E-state index contributed by atoms with van der Waals surface area (Å²) >= 11 is 1.76. The predicted octanol–water partition coefficient (Wildman–Crippen LogP) is 2.79. The summed E-state index contributed by atoms with van der Waals surface area (Å²) in [5, 5.41) is 4.10. The van der Waals surface area contributed by atoms with E-state index >= 15 is 0 Å². The van der Waals surface area contributed by atoms with Gasteiger partial charge in [0, 0.05) is 30.2 Å². The van der Waals surface area contributed by atoms with E-state index in [2.05, 4.69) is 10.3 Å². The van der Waals surface area contributed by atoms with Crippen molar-refractivity contribution in [3.63, 3.8) is 0 Å². The number of hydrogen-bond acceptors (Lipinski definition) is 4. The lowest BCUT2D eigenvalue weighted by atomic mass is 10.0. The van der Waals surface area contributed by atoms with Gasteiger partial charge in [-0.25, -0.2) is 9.97 Å². The van der Waals surface area contributed by atoms with Crippen LogP contribution in [0.1, 0.15) is 53.6 Å². The fourth-order valence-corrected chi connectivity index (χ4v) is 3.95. The first kappa shape index (κ1) is 15.2. The van der Waals surface area contributed by atoms with Crippen LogP contribution >= 0.6 is 11.3 Å². The molecule has 2 heterocycles. The molecule has 2 aromatic rings. The van der Waals surface area contributed by atoms with Gasteiger partial charge in [-0.3, -0.25) is 4.79 Å². The van der Waals surface area contributed by atoms with Gasteiger partial charge >= 0.3 is 0 Å². The molecule has 1 amide bonds. The normalized spacial score (nSPS) is 15.4. The monoisotopic (exact) mass is 318 g/mol. The number of thiazole rings is 1. The Kier molecular flexibility index (Phi) is 4.57. The summed E-state index contributed by atoms with van der Waals surface area (Å²) in [6, 6.07) is -0.00742. The Hall–Kier alpha value is -1.69. The van der Waals surface area contributed by atoms with Crippen LogP contribution in [0.15, 0.2) is 12.4 Å². The third kappa shape index (κ3) is 3.38. The summed E-state index contributed by atoms with van der Waals surface area (Å²) < 4.78 is 1.99. The Morgan fingerprint density at radius 2 is 2.27 bits per heavy atom. The largest absolute Gasteiger partial charge is 0.347 e. The predicted molar refractivity (Wildman–Crippen MR) is 86.9 cm³/mol. The van der Waals surface area contributed by atoms with Crippen LogP contribution in [0, 0.1) is 6.92 Å². The number of rotatable bonds is 5. The molecule has 1 aliphatic carbocycles.